The van der Waals surface area contributed by atoms with Crippen molar-refractivity contribution in [2.75, 3.05) is 13.7 Å². The van der Waals surface area contributed by atoms with Crippen LogP contribution in [0.5, 0.6) is 0 Å². The largest absolute Gasteiger partial charge is 0.462 e. The van der Waals surface area contributed by atoms with Crippen molar-refractivity contribution in [3.8, 4) is 0 Å². The second kappa shape index (κ2) is 7.60. The van der Waals surface area contributed by atoms with E-state index in [0.29, 0.717) is 18.7 Å². The van der Waals surface area contributed by atoms with E-state index in [0.717, 1.165) is 18.4 Å². The molecule has 0 radical (unpaired) electrons. The summed E-state index contributed by atoms with van der Waals surface area (Å²) in [6.07, 6.45) is 4.45. The third-order valence-corrected chi connectivity index (χ3v) is 6.54. The maximum atomic E-state index is 12.9. The van der Waals surface area contributed by atoms with Crippen LogP contribution >= 0.6 is 0 Å². The molecule has 0 N–H and O–H groups in total. The lowest BCUT2D eigenvalue weighted by Crippen LogP contribution is -2.44. The molecule has 2 aliphatic heterocycles. The number of hydrogen-bond donors (Lipinski definition) is 0. The number of benzene rings is 1. The van der Waals surface area contributed by atoms with Gasteiger partial charge in [-0.2, -0.15) is 0 Å². The first-order valence-electron chi connectivity index (χ1n) is 9.45. The van der Waals surface area contributed by atoms with Gasteiger partial charge in [0.2, 0.25) is 0 Å². The monoisotopic (exact) mass is 361 g/mol. The van der Waals surface area contributed by atoms with Crippen LogP contribution in [-0.4, -0.2) is 51.0 Å². The molecule has 4 nitrogen and oxygen atoms in total. The summed E-state index contributed by atoms with van der Waals surface area (Å²) in [4.78, 5) is 15.4. The van der Waals surface area contributed by atoms with Crippen molar-refractivity contribution in [2.24, 2.45) is 0 Å². The van der Waals surface area contributed by atoms with E-state index >= 15 is 0 Å². The van der Waals surface area contributed by atoms with E-state index in [1.54, 1.807) is 0 Å². The van der Waals surface area contributed by atoms with Crippen LogP contribution in [0.4, 0.5) is 0 Å². The van der Waals surface area contributed by atoms with Crippen molar-refractivity contribution >= 4 is 14.3 Å². The molecule has 0 spiro atoms. The van der Waals surface area contributed by atoms with Gasteiger partial charge in [-0.25, -0.2) is 0 Å². The summed E-state index contributed by atoms with van der Waals surface area (Å²) in [5.41, 5.74) is 0.988. The smallest absolute Gasteiger partial charge is 0.316 e. The Morgan fingerprint density at radius 3 is 2.32 bits per heavy atom. The Morgan fingerprint density at radius 1 is 1.16 bits per heavy atom. The van der Waals surface area contributed by atoms with Crippen LogP contribution in [0.15, 0.2) is 30.3 Å². The zero-order chi connectivity index (χ0) is 18.0. The molecule has 0 saturated carbocycles. The second-order valence-electron chi connectivity index (χ2n) is 8.47. The van der Waals surface area contributed by atoms with Gasteiger partial charge < -0.3 is 14.1 Å². The molecule has 0 aromatic heterocycles. The van der Waals surface area contributed by atoms with Gasteiger partial charge in [0, 0.05) is 12.1 Å². The van der Waals surface area contributed by atoms with Crippen molar-refractivity contribution < 1.29 is 14.0 Å². The van der Waals surface area contributed by atoms with Crippen LogP contribution in [0.1, 0.15) is 37.2 Å². The molecule has 2 aliphatic rings. The van der Waals surface area contributed by atoms with E-state index in [1.165, 1.54) is 12.8 Å². The Morgan fingerprint density at radius 2 is 1.76 bits per heavy atom. The van der Waals surface area contributed by atoms with E-state index in [2.05, 4.69) is 31.6 Å². The van der Waals surface area contributed by atoms with Crippen molar-refractivity contribution in [1.29, 1.82) is 0 Å². The van der Waals surface area contributed by atoms with Crippen LogP contribution in [0, 0.1) is 0 Å². The highest BCUT2D eigenvalue weighted by atomic mass is 28.4. The molecule has 3 atom stereocenters. The summed E-state index contributed by atoms with van der Waals surface area (Å²) in [5, 5.41) is 0. The van der Waals surface area contributed by atoms with Gasteiger partial charge in [-0.15, -0.1) is 0 Å². The first-order chi connectivity index (χ1) is 11.8. The van der Waals surface area contributed by atoms with E-state index in [-0.39, 0.29) is 18.0 Å². The minimum absolute atomic E-state index is 0.0549. The summed E-state index contributed by atoms with van der Waals surface area (Å²) in [5.74, 6) is -0.455. The average molecular weight is 362 g/mol. The standard InChI is InChI=1S/C20H31NO3Si/c1-21-16-10-11-17(21)13-18(12-16)24-20(22)19(14-23-25(2,3)4)15-8-6-5-7-9-15/h5-9,16-19H,10-14H2,1-4H3/t16?,17?,18?,19-/m1/s1. The summed E-state index contributed by atoms with van der Waals surface area (Å²) in [7, 11) is 0.517. The SMILES string of the molecule is CN1C2CCC1CC(OC(=O)[C@H](CO[Si](C)(C)C)c1ccccc1)C2. The number of fused-ring (bicyclic) bond motifs is 2. The number of rotatable bonds is 6. The molecule has 2 heterocycles. The summed E-state index contributed by atoms with van der Waals surface area (Å²) >= 11 is 0. The van der Waals surface area contributed by atoms with E-state index in [4.69, 9.17) is 9.16 Å². The van der Waals surface area contributed by atoms with E-state index in [1.807, 2.05) is 30.3 Å². The average Bonchev–Trinajstić information content (AvgIpc) is 2.77. The highest BCUT2D eigenvalue weighted by Crippen LogP contribution is 2.36. The van der Waals surface area contributed by atoms with Gasteiger partial charge in [0.05, 0.1) is 6.61 Å². The maximum absolute atomic E-state index is 12.9. The lowest BCUT2D eigenvalue weighted by molar-refractivity contribution is -0.155. The number of carbonyl (C=O) groups is 1. The van der Waals surface area contributed by atoms with E-state index < -0.39 is 8.32 Å². The number of hydrogen-bond acceptors (Lipinski definition) is 4. The second-order valence-corrected chi connectivity index (χ2v) is 13.0. The van der Waals surface area contributed by atoms with Crippen LogP contribution in [0.25, 0.3) is 0 Å². The zero-order valence-corrected chi connectivity index (χ0v) is 16.9. The maximum Gasteiger partial charge on any atom is 0.316 e. The van der Waals surface area contributed by atoms with Crippen LogP contribution in [0.2, 0.25) is 19.6 Å². The molecule has 2 fully saturated rings. The third-order valence-electron chi connectivity index (χ3n) is 5.51. The van der Waals surface area contributed by atoms with Crippen LogP contribution < -0.4 is 0 Å². The van der Waals surface area contributed by atoms with Gasteiger partial charge in [-0.05, 0) is 57.9 Å². The molecular formula is C20H31NO3Si. The molecule has 0 aliphatic carbocycles. The number of esters is 1. The normalized spacial score (nSPS) is 27.9. The van der Waals surface area contributed by atoms with Gasteiger partial charge in [0.1, 0.15) is 12.0 Å². The number of ether oxygens (including phenoxy) is 1. The number of nitrogens with zero attached hydrogens (tertiary/aromatic N) is 1. The molecule has 3 rings (SSSR count). The molecule has 25 heavy (non-hydrogen) atoms. The fourth-order valence-electron chi connectivity index (χ4n) is 4.02. The minimum atomic E-state index is -1.69. The van der Waals surface area contributed by atoms with Gasteiger partial charge in [0.25, 0.3) is 0 Å². The Balaban J connectivity index is 1.67. The predicted octanol–water partition coefficient (Wildman–Crippen LogP) is 3.79. The topological polar surface area (TPSA) is 38.8 Å². The van der Waals surface area contributed by atoms with Crippen LogP contribution in [-0.2, 0) is 14.0 Å². The summed E-state index contributed by atoms with van der Waals surface area (Å²) < 4.78 is 12.0. The molecule has 1 aromatic rings. The van der Waals surface area contributed by atoms with Crippen molar-refractivity contribution in [3.63, 3.8) is 0 Å². The lowest BCUT2D eigenvalue weighted by Gasteiger charge is -2.36. The molecule has 138 valence electrons. The van der Waals surface area contributed by atoms with Gasteiger partial charge in [-0.3, -0.25) is 4.79 Å². The Bertz CT molecular complexity index is 572. The Labute approximate surface area is 152 Å². The molecule has 2 unspecified atom stereocenters. The predicted molar refractivity (Wildman–Crippen MR) is 102 cm³/mol. The first-order valence-corrected chi connectivity index (χ1v) is 12.9. The zero-order valence-electron chi connectivity index (χ0n) is 15.9. The van der Waals surface area contributed by atoms with Gasteiger partial charge in [-0.1, -0.05) is 30.3 Å². The fraction of sp³-hybridized carbons (Fsp3) is 0.650. The third kappa shape index (κ3) is 4.71. The molecule has 2 saturated heterocycles. The van der Waals surface area contributed by atoms with Gasteiger partial charge in [0.15, 0.2) is 8.32 Å². The van der Waals surface area contributed by atoms with Crippen molar-refractivity contribution in [1.82, 2.24) is 4.90 Å². The molecule has 1 aromatic carbocycles. The molecule has 5 heteroatoms. The number of carbonyl (C=O) groups excluding carboxylic acids is 1. The lowest BCUT2D eigenvalue weighted by atomic mass is 9.98. The van der Waals surface area contributed by atoms with Crippen molar-refractivity contribution in [3.05, 3.63) is 35.9 Å². The first kappa shape index (κ1) is 18.6. The highest BCUT2D eigenvalue weighted by molar-refractivity contribution is 6.69. The minimum Gasteiger partial charge on any atom is -0.462 e. The van der Waals surface area contributed by atoms with Crippen LogP contribution in [0.3, 0.4) is 0 Å². The van der Waals surface area contributed by atoms with Crippen molar-refractivity contribution in [2.45, 2.75) is 69.4 Å². The van der Waals surface area contributed by atoms with Gasteiger partial charge >= 0.3 is 5.97 Å². The number of piperidine rings is 1. The summed E-state index contributed by atoms with van der Waals surface area (Å²) in [6.45, 7) is 6.86. The Kier molecular flexibility index (Phi) is 5.66. The quantitative estimate of drug-likeness (QED) is 0.571. The van der Waals surface area contributed by atoms with E-state index in [9.17, 15) is 4.79 Å². The summed E-state index contributed by atoms with van der Waals surface area (Å²) in [6, 6.07) is 11.1. The fourth-order valence-corrected chi connectivity index (χ4v) is 4.69. The molecule has 0 amide bonds. The highest BCUT2D eigenvalue weighted by Gasteiger charge is 2.40. The molecular weight excluding hydrogens is 330 g/mol. The Hall–Kier alpha value is -1.17. The molecule has 2 bridgehead atoms.